The number of nitrogens with zero attached hydrogens (tertiary/aromatic N) is 3. The van der Waals surface area contributed by atoms with Crippen molar-refractivity contribution in [3.8, 4) is 0 Å². The molecule has 0 saturated carbocycles. The van der Waals surface area contributed by atoms with E-state index in [0.717, 1.165) is 24.3 Å². The summed E-state index contributed by atoms with van der Waals surface area (Å²) in [5, 5.41) is 11.0. The first-order valence-electron chi connectivity index (χ1n) is 9.23. The van der Waals surface area contributed by atoms with E-state index in [-0.39, 0.29) is 11.6 Å². The summed E-state index contributed by atoms with van der Waals surface area (Å²) >= 11 is 6.64. The minimum Gasteiger partial charge on any atom is -0.372 e. The molecule has 0 N–H and O–H groups in total. The highest BCUT2D eigenvalue weighted by molar-refractivity contribution is 8.27. The van der Waals surface area contributed by atoms with Gasteiger partial charge in [0.25, 0.3) is 11.6 Å². The van der Waals surface area contributed by atoms with Crippen LogP contribution in [0, 0.1) is 17.0 Å². The van der Waals surface area contributed by atoms with Crippen molar-refractivity contribution in [1.82, 2.24) is 0 Å². The van der Waals surface area contributed by atoms with Gasteiger partial charge < -0.3 is 4.90 Å². The van der Waals surface area contributed by atoms with Gasteiger partial charge in [0.15, 0.2) is 4.32 Å². The Morgan fingerprint density at radius 1 is 1.17 bits per heavy atom. The van der Waals surface area contributed by atoms with Gasteiger partial charge in [-0.15, -0.1) is 0 Å². The number of anilines is 2. The number of nitro benzene ring substituents is 1. The maximum absolute atomic E-state index is 13.0. The van der Waals surface area contributed by atoms with Gasteiger partial charge >= 0.3 is 0 Å². The Bertz CT molecular complexity index is 999. The van der Waals surface area contributed by atoms with E-state index < -0.39 is 4.92 Å². The van der Waals surface area contributed by atoms with Crippen molar-refractivity contribution in [2.24, 2.45) is 0 Å². The molecule has 0 aromatic heterocycles. The fourth-order valence-electron chi connectivity index (χ4n) is 3.20. The third-order valence-electron chi connectivity index (χ3n) is 4.75. The van der Waals surface area contributed by atoms with Gasteiger partial charge in [-0.3, -0.25) is 19.8 Å². The van der Waals surface area contributed by atoms with E-state index in [9.17, 15) is 14.9 Å². The minimum absolute atomic E-state index is 0.0134. The maximum Gasteiger partial charge on any atom is 0.270 e. The van der Waals surface area contributed by atoms with Gasteiger partial charge in [0.1, 0.15) is 0 Å². The van der Waals surface area contributed by atoms with Crippen molar-refractivity contribution in [3.05, 3.63) is 68.6 Å². The number of hydrogen-bond donors (Lipinski definition) is 0. The van der Waals surface area contributed by atoms with Gasteiger partial charge in [0.2, 0.25) is 0 Å². The highest BCUT2D eigenvalue weighted by atomic mass is 32.2. The predicted octanol–water partition coefficient (Wildman–Crippen LogP) is 5.16. The lowest BCUT2D eigenvalue weighted by atomic mass is 10.1. The molecule has 150 valence electrons. The van der Waals surface area contributed by atoms with E-state index in [1.807, 2.05) is 30.3 Å². The molecule has 0 unspecified atom stereocenters. The zero-order valence-electron chi connectivity index (χ0n) is 16.4. The zero-order chi connectivity index (χ0) is 21.1. The van der Waals surface area contributed by atoms with Crippen molar-refractivity contribution in [2.45, 2.75) is 20.8 Å². The van der Waals surface area contributed by atoms with E-state index in [2.05, 4.69) is 18.7 Å². The van der Waals surface area contributed by atoms with E-state index in [0.29, 0.717) is 20.5 Å². The Balaban J connectivity index is 1.86. The molecule has 2 aromatic rings. The molecule has 0 atom stereocenters. The van der Waals surface area contributed by atoms with E-state index in [1.165, 1.54) is 28.8 Å². The second kappa shape index (κ2) is 8.75. The maximum atomic E-state index is 13.0. The zero-order valence-corrected chi connectivity index (χ0v) is 18.0. The Labute approximate surface area is 179 Å². The molecule has 3 rings (SSSR count). The predicted molar refractivity (Wildman–Crippen MR) is 123 cm³/mol. The van der Waals surface area contributed by atoms with Gasteiger partial charge in [0, 0.05) is 30.9 Å². The summed E-state index contributed by atoms with van der Waals surface area (Å²) in [6.07, 6.45) is 1.83. The molecule has 2 aromatic carbocycles. The molecule has 1 aliphatic heterocycles. The van der Waals surface area contributed by atoms with E-state index >= 15 is 0 Å². The Morgan fingerprint density at radius 3 is 2.38 bits per heavy atom. The normalized spacial score (nSPS) is 15.3. The number of thiocarbonyl (C=S) groups is 1. The molecule has 0 spiro atoms. The smallest absolute Gasteiger partial charge is 0.270 e. The number of amides is 1. The lowest BCUT2D eigenvalue weighted by Gasteiger charge is -2.20. The number of hydrogen-bond acceptors (Lipinski definition) is 6. The fourth-order valence-corrected chi connectivity index (χ4v) is 4.49. The average molecular weight is 428 g/mol. The first-order valence-corrected chi connectivity index (χ1v) is 10.5. The summed E-state index contributed by atoms with van der Waals surface area (Å²) in [6, 6.07) is 12.5. The SMILES string of the molecule is CCN(CC)c1ccc(/C=C2\SC(=S)N(c3ccc([N+](=O)[O-])cc3C)C2=O)cc1. The van der Waals surface area contributed by atoms with E-state index in [4.69, 9.17) is 12.2 Å². The average Bonchev–Trinajstić information content (AvgIpc) is 2.97. The van der Waals surface area contributed by atoms with Crippen LogP contribution in [0.5, 0.6) is 0 Å². The van der Waals surface area contributed by atoms with Gasteiger partial charge in [-0.25, -0.2) is 0 Å². The first kappa shape index (κ1) is 21.0. The van der Waals surface area contributed by atoms with Gasteiger partial charge in [-0.2, -0.15) is 0 Å². The van der Waals surface area contributed by atoms with Crippen molar-refractivity contribution >= 4 is 57.3 Å². The molecule has 0 bridgehead atoms. The molecule has 29 heavy (non-hydrogen) atoms. The molecular formula is C21H21N3O3S2. The second-order valence-electron chi connectivity index (χ2n) is 6.51. The van der Waals surface area contributed by atoms with Crippen LogP contribution >= 0.6 is 24.0 Å². The molecule has 0 aliphatic carbocycles. The van der Waals surface area contributed by atoms with Crippen LogP contribution in [-0.2, 0) is 4.79 Å². The number of nitro groups is 1. The van der Waals surface area contributed by atoms with Crippen LogP contribution in [0.15, 0.2) is 47.4 Å². The molecule has 1 heterocycles. The summed E-state index contributed by atoms with van der Waals surface area (Å²) in [5.74, 6) is -0.218. The van der Waals surface area contributed by atoms with Crippen LogP contribution in [0.1, 0.15) is 25.0 Å². The molecule has 1 saturated heterocycles. The largest absolute Gasteiger partial charge is 0.372 e. The molecule has 1 fully saturated rings. The lowest BCUT2D eigenvalue weighted by Crippen LogP contribution is -2.28. The van der Waals surface area contributed by atoms with Gasteiger partial charge in [-0.1, -0.05) is 36.1 Å². The molecule has 6 nitrogen and oxygen atoms in total. The van der Waals surface area contributed by atoms with Crippen LogP contribution in [0.3, 0.4) is 0 Å². The summed E-state index contributed by atoms with van der Waals surface area (Å²) in [5.41, 5.74) is 3.24. The highest BCUT2D eigenvalue weighted by Gasteiger charge is 2.34. The monoisotopic (exact) mass is 427 g/mol. The summed E-state index contributed by atoms with van der Waals surface area (Å²) in [7, 11) is 0. The molecule has 1 amide bonds. The molecule has 1 aliphatic rings. The second-order valence-corrected chi connectivity index (χ2v) is 8.18. The van der Waals surface area contributed by atoms with Gasteiger partial charge in [-0.05, 0) is 56.2 Å². The summed E-state index contributed by atoms with van der Waals surface area (Å²) < 4.78 is 0.415. The standard InChI is InChI=1S/C21H21N3O3S2/c1-4-22(5-2)16-8-6-15(7-9-16)13-19-20(25)23(21(28)29-19)18-11-10-17(24(26)27)12-14(18)3/h6-13H,4-5H2,1-3H3/b19-13-. The summed E-state index contributed by atoms with van der Waals surface area (Å²) in [6.45, 7) is 7.83. The third kappa shape index (κ3) is 4.33. The molecular weight excluding hydrogens is 406 g/mol. The first-order chi connectivity index (χ1) is 13.8. The molecule has 0 radical (unpaired) electrons. The Hall–Kier alpha value is -2.71. The van der Waals surface area contributed by atoms with Crippen molar-refractivity contribution < 1.29 is 9.72 Å². The van der Waals surface area contributed by atoms with Crippen LogP contribution < -0.4 is 9.80 Å². The molecule has 8 heteroatoms. The number of rotatable bonds is 6. The van der Waals surface area contributed by atoms with Gasteiger partial charge in [0.05, 0.1) is 15.5 Å². The van der Waals surface area contributed by atoms with Crippen molar-refractivity contribution in [3.63, 3.8) is 0 Å². The number of aryl methyl sites for hydroxylation is 1. The fraction of sp³-hybridized carbons (Fsp3) is 0.238. The Morgan fingerprint density at radius 2 is 1.83 bits per heavy atom. The number of thioether (sulfide) groups is 1. The number of non-ortho nitro benzene ring substituents is 1. The topological polar surface area (TPSA) is 66.7 Å². The summed E-state index contributed by atoms with van der Waals surface area (Å²) in [4.78, 5) is 27.7. The van der Waals surface area contributed by atoms with Crippen LogP contribution in [0.2, 0.25) is 0 Å². The number of carbonyl (C=O) groups is 1. The van der Waals surface area contributed by atoms with Crippen LogP contribution in [-0.4, -0.2) is 28.2 Å². The number of carbonyl (C=O) groups excluding carboxylic acids is 1. The Kier molecular flexibility index (Phi) is 6.34. The van der Waals surface area contributed by atoms with E-state index in [1.54, 1.807) is 13.0 Å². The van der Waals surface area contributed by atoms with Crippen LogP contribution in [0.4, 0.5) is 17.1 Å². The van der Waals surface area contributed by atoms with Crippen LogP contribution in [0.25, 0.3) is 6.08 Å². The van der Waals surface area contributed by atoms with Crippen molar-refractivity contribution in [1.29, 1.82) is 0 Å². The number of benzene rings is 2. The van der Waals surface area contributed by atoms with Crippen molar-refractivity contribution in [2.75, 3.05) is 22.9 Å². The minimum atomic E-state index is -0.455. The lowest BCUT2D eigenvalue weighted by molar-refractivity contribution is -0.384. The quantitative estimate of drug-likeness (QED) is 0.275. The third-order valence-corrected chi connectivity index (χ3v) is 6.05. The highest BCUT2D eigenvalue weighted by Crippen LogP contribution is 2.38.